The minimum absolute atomic E-state index is 0.0329. The third-order valence-corrected chi connectivity index (χ3v) is 6.31. The Bertz CT molecular complexity index is 1670. The van der Waals surface area contributed by atoms with Crippen molar-refractivity contribution in [2.45, 2.75) is 0 Å². The van der Waals surface area contributed by atoms with Gasteiger partial charge in [-0.1, -0.05) is 52.6 Å². The Morgan fingerprint density at radius 2 is 1.38 bits per heavy atom. The quantitative estimate of drug-likeness (QED) is 0.264. The minimum atomic E-state index is -4.87. The van der Waals surface area contributed by atoms with Crippen LogP contribution in [-0.4, -0.2) is 33.4 Å². The van der Waals surface area contributed by atoms with Crippen LogP contribution in [0.5, 0.6) is 0 Å². The summed E-state index contributed by atoms with van der Waals surface area (Å²) in [4.78, 5) is 38.9. The molecule has 0 amide bonds. The molecule has 1 heterocycles. The van der Waals surface area contributed by atoms with Crippen LogP contribution >= 0.6 is 0 Å². The molecule has 0 atom stereocenters. The van der Waals surface area contributed by atoms with Gasteiger partial charge in [-0.25, -0.2) is 0 Å². The molecule has 3 aromatic carbocycles. The van der Waals surface area contributed by atoms with Crippen LogP contribution in [0.4, 0.5) is 11.4 Å². The summed E-state index contributed by atoms with van der Waals surface area (Å²) in [6.45, 7) is 0. The lowest BCUT2D eigenvalue weighted by Gasteiger charge is -2.20. The van der Waals surface area contributed by atoms with E-state index in [1.165, 1.54) is 0 Å². The van der Waals surface area contributed by atoms with Gasteiger partial charge in [-0.3, -0.25) is 18.9 Å². The molecule has 1 aliphatic rings. The number of fused-ring (bicyclic) bond motifs is 2. The first kappa shape index (κ1) is 21.4. The van der Waals surface area contributed by atoms with E-state index in [4.69, 9.17) is 5.84 Å². The summed E-state index contributed by atoms with van der Waals surface area (Å²) < 4.78 is 32.0. The second-order valence-electron chi connectivity index (χ2n) is 7.58. The summed E-state index contributed by atoms with van der Waals surface area (Å²) >= 11 is 0. The third kappa shape index (κ3) is 3.31. The fraction of sp³-hybridized carbons (Fsp3) is 0. The SMILES string of the molecule is Nn1cc(-c2ccc(Nc3cccc4c3C(=O)c3ccccc3C4=O)cc2)c(=O)n1S(=O)(=O)O. The van der Waals surface area contributed by atoms with Crippen LogP contribution < -0.4 is 16.7 Å². The molecule has 0 unspecified atom stereocenters. The third-order valence-electron chi connectivity index (χ3n) is 5.52. The van der Waals surface area contributed by atoms with Gasteiger partial charge in [0.25, 0.3) is 5.56 Å². The van der Waals surface area contributed by atoms with Crippen molar-refractivity contribution < 1.29 is 22.6 Å². The molecule has 0 radical (unpaired) electrons. The van der Waals surface area contributed by atoms with Crippen molar-refractivity contribution in [1.82, 2.24) is 8.88 Å². The molecule has 0 aliphatic heterocycles. The predicted octanol–water partition coefficient (Wildman–Crippen LogP) is 2.20. The molecule has 4 N–H and O–H groups in total. The molecule has 0 spiro atoms. The maximum absolute atomic E-state index is 13.1. The number of hydrogen-bond acceptors (Lipinski definition) is 7. The maximum Gasteiger partial charge on any atom is 0.382 e. The van der Waals surface area contributed by atoms with Gasteiger partial charge >= 0.3 is 10.3 Å². The number of nitrogens with two attached hydrogens (primary N) is 1. The van der Waals surface area contributed by atoms with E-state index >= 15 is 0 Å². The summed E-state index contributed by atoms with van der Waals surface area (Å²) in [5.41, 5.74) is 1.58. The number of carbonyl (C=O) groups is 2. The number of nitrogens with zero attached hydrogens (tertiary/aromatic N) is 2. The molecule has 10 nitrogen and oxygen atoms in total. The predicted molar refractivity (Wildman–Crippen MR) is 124 cm³/mol. The van der Waals surface area contributed by atoms with Gasteiger partial charge in [0.15, 0.2) is 11.6 Å². The van der Waals surface area contributed by atoms with Crippen molar-refractivity contribution in [2.24, 2.45) is 0 Å². The van der Waals surface area contributed by atoms with E-state index in [1.807, 2.05) is 0 Å². The van der Waals surface area contributed by atoms with Crippen molar-refractivity contribution in [3.05, 3.63) is 106 Å². The molecule has 5 rings (SSSR count). The number of benzene rings is 3. The van der Waals surface area contributed by atoms with E-state index in [0.717, 1.165) is 6.20 Å². The molecule has 4 aromatic rings. The van der Waals surface area contributed by atoms with Crippen LogP contribution in [0.3, 0.4) is 0 Å². The standard InChI is InChI=1S/C23H16N4O6S/c24-26-12-18(23(30)27(26)34(31,32)33)13-8-10-14(11-9-13)25-19-7-3-6-17-20(19)22(29)16-5-2-1-4-15(16)21(17)28/h1-12,25H,24H2,(H,31,32,33). The summed E-state index contributed by atoms with van der Waals surface area (Å²) in [5.74, 6) is 4.99. The highest BCUT2D eigenvalue weighted by atomic mass is 32.2. The number of rotatable bonds is 4. The van der Waals surface area contributed by atoms with Crippen molar-refractivity contribution in [3.63, 3.8) is 0 Å². The van der Waals surface area contributed by atoms with Gasteiger partial charge in [-0.15, -0.1) is 0 Å². The topological polar surface area (TPSA) is 153 Å². The molecule has 0 fully saturated rings. The van der Waals surface area contributed by atoms with Crippen LogP contribution in [0, 0.1) is 0 Å². The largest absolute Gasteiger partial charge is 0.382 e. The Morgan fingerprint density at radius 1 is 0.765 bits per heavy atom. The summed E-state index contributed by atoms with van der Waals surface area (Å²) in [7, 11) is -4.87. The first-order chi connectivity index (χ1) is 16.2. The van der Waals surface area contributed by atoms with Crippen LogP contribution in [0.2, 0.25) is 0 Å². The van der Waals surface area contributed by atoms with Gasteiger partial charge < -0.3 is 11.2 Å². The average Bonchev–Trinajstić information content (AvgIpc) is 3.12. The number of carbonyl (C=O) groups excluding carboxylic acids is 2. The lowest BCUT2D eigenvalue weighted by molar-refractivity contribution is 0.0979. The van der Waals surface area contributed by atoms with Gasteiger partial charge in [0.1, 0.15) is 0 Å². The van der Waals surface area contributed by atoms with E-state index in [9.17, 15) is 27.4 Å². The highest BCUT2D eigenvalue weighted by Gasteiger charge is 2.31. The number of ketones is 2. The van der Waals surface area contributed by atoms with Gasteiger partial charge in [0.05, 0.1) is 23.0 Å². The molecular weight excluding hydrogens is 460 g/mol. The normalized spacial score (nSPS) is 12.9. The highest BCUT2D eigenvalue weighted by molar-refractivity contribution is 7.84. The van der Waals surface area contributed by atoms with Crippen LogP contribution in [0.1, 0.15) is 31.8 Å². The smallest absolute Gasteiger partial charge is 0.355 e. The molecule has 0 bridgehead atoms. The van der Waals surface area contributed by atoms with Crippen molar-refractivity contribution in [1.29, 1.82) is 0 Å². The van der Waals surface area contributed by atoms with Crippen LogP contribution in [0.25, 0.3) is 11.1 Å². The molecule has 34 heavy (non-hydrogen) atoms. The summed E-state index contributed by atoms with van der Waals surface area (Å²) in [6, 6.07) is 18.0. The number of hydrogen-bond donors (Lipinski definition) is 3. The average molecular weight is 476 g/mol. The highest BCUT2D eigenvalue weighted by Crippen LogP contribution is 2.33. The van der Waals surface area contributed by atoms with E-state index in [2.05, 4.69) is 5.32 Å². The van der Waals surface area contributed by atoms with E-state index in [-0.39, 0.29) is 26.8 Å². The number of nitrogen functional groups attached to an aromatic ring is 1. The molecule has 1 aliphatic carbocycles. The fourth-order valence-corrected chi connectivity index (χ4v) is 4.60. The van der Waals surface area contributed by atoms with Crippen molar-refractivity contribution >= 4 is 33.2 Å². The van der Waals surface area contributed by atoms with E-state index < -0.39 is 15.9 Å². The van der Waals surface area contributed by atoms with E-state index in [1.54, 1.807) is 66.7 Å². The van der Waals surface area contributed by atoms with Gasteiger partial charge in [-0.05, 0) is 23.8 Å². The Hall–Kier alpha value is -4.48. The fourth-order valence-electron chi connectivity index (χ4n) is 4.01. The van der Waals surface area contributed by atoms with Crippen LogP contribution in [-0.2, 0) is 10.3 Å². The Balaban J connectivity index is 1.50. The zero-order valence-electron chi connectivity index (χ0n) is 17.3. The second-order valence-corrected chi connectivity index (χ2v) is 8.82. The molecular formula is C23H16N4O6S. The van der Waals surface area contributed by atoms with Gasteiger partial charge in [-0.2, -0.15) is 13.2 Å². The maximum atomic E-state index is 13.1. The van der Waals surface area contributed by atoms with Crippen LogP contribution in [0.15, 0.2) is 77.7 Å². The van der Waals surface area contributed by atoms with E-state index in [0.29, 0.717) is 38.4 Å². The van der Waals surface area contributed by atoms with Crippen molar-refractivity contribution in [3.8, 4) is 11.1 Å². The first-order valence-electron chi connectivity index (χ1n) is 9.93. The summed E-state index contributed by atoms with van der Waals surface area (Å²) in [6.07, 6.45) is 1.08. The Kier molecular flexibility index (Phi) is 4.74. The summed E-state index contributed by atoms with van der Waals surface area (Å²) in [5, 5.41) is 3.13. The number of aromatic nitrogens is 2. The molecule has 170 valence electrons. The second kappa shape index (κ2) is 7.54. The number of nitrogens with one attached hydrogen (secondary N) is 1. The zero-order chi connectivity index (χ0) is 24.2. The molecule has 1 aromatic heterocycles. The Labute approximate surface area is 192 Å². The lowest BCUT2D eigenvalue weighted by atomic mass is 9.83. The zero-order valence-corrected chi connectivity index (χ0v) is 18.1. The molecule has 0 saturated carbocycles. The Morgan fingerprint density at radius 3 is 2.00 bits per heavy atom. The molecule has 0 saturated heterocycles. The first-order valence-corrected chi connectivity index (χ1v) is 11.3. The number of anilines is 2. The minimum Gasteiger partial charge on any atom is -0.355 e. The lowest BCUT2D eigenvalue weighted by Crippen LogP contribution is -2.33. The van der Waals surface area contributed by atoms with Gasteiger partial charge in [0, 0.05) is 22.4 Å². The van der Waals surface area contributed by atoms with Crippen molar-refractivity contribution in [2.75, 3.05) is 11.2 Å². The molecule has 11 heteroatoms. The monoisotopic (exact) mass is 476 g/mol. The van der Waals surface area contributed by atoms with Gasteiger partial charge in [0.2, 0.25) is 0 Å².